The summed E-state index contributed by atoms with van der Waals surface area (Å²) >= 11 is 0.551. The molecule has 0 unspecified atom stereocenters. The Morgan fingerprint density at radius 3 is 2.64 bits per heavy atom. The average Bonchev–Trinajstić information content (AvgIpc) is 2.88. The van der Waals surface area contributed by atoms with Crippen molar-refractivity contribution in [2.24, 2.45) is 0 Å². The maximum atomic E-state index is 12.5. The third-order valence-electron chi connectivity index (χ3n) is 2.72. The van der Waals surface area contributed by atoms with Gasteiger partial charge in [-0.1, -0.05) is 6.07 Å². The Hall–Kier alpha value is -2.09. The number of nitrogens with zero attached hydrogens (tertiary/aromatic N) is 2. The minimum Gasteiger partial charge on any atom is -0.438 e. The fourth-order valence-corrected chi connectivity index (χ4v) is 2.36. The lowest BCUT2D eigenvalue weighted by atomic mass is 10.3. The molecule has 2 aromatic rings. The van der Waals surface area contributed by atoms with Crippen LogP contribution in [-0.4, -0.2) is 17.4 Å². The number of amides is 1. The van der Waals surface area contributed by atoms with Crippen LogP contribution in [0.25, 0.3) is 0 Å². The van der Waals surface area contributed by atoms with Crippen molar-refractivity contribution in [1.82, 2.24) is 4.98 Å². The summed E-state index contributed by atoms with van der Waals surface area (Å²) in [6, 6.07) is 5.57. The Morgan fingerprint density at radius 2 is 2.09 bits per heavy atom. The number of hydrogen-bond donors (Lipinski definition) is 0. The second-order valence-corrected chi connectivity index (χ2v) is 5.60. The first kappa shape index (κ1) is 16.3. The van der Waals surface area contributed by atoms with Crippen molar-refractivity contribution in [3.05, 3.63) is 34.5 Å². The van der Waals surface area contributed by atoms with Crippen molar-refractivity contribution in [3.8, 4) is 11.6 Å². The van der Waals surface area contributed by atoms with Gasteiger partial charge in [0.05, 0.1) is 0 Å². The molecule has 0 saturated carbocycles. The van der Waals surface area contributed by atoms with E-state index in [2.05, 4.69) is 4.98 Å². The fraction of sp³-hybridized carbons (Fsp3) is 0.286. The van der Waals surface area contributed by atoms with E-state index in [1.165, 1.54) is 16.3 Å². The number of carbonyl (C=O) groups is 1. The molecule has 1 amide bonds. The zero-order valence-corrected chi connectivity index (χ0v) is 12.6. The number of alkyl halides is 3. The third-order valence-corrected chi connectivity index (χ3v) is 3.67. The smallest absolute Gasteiger partial charge is 0.425 e. The number of carbonyl (C=O) groups excluding carboxylic acids is 1. The van der Waals surface area contributed by atoms with Gasteiger partial charge in [0.2, 0.25) is 12.3 Å². The Balaban J connectivity index is 2.20. The summed E-state index contributed by atoms with van der Waals surface area (Å²) < 4.78 is 42.9. The molecule has 2 aromatic heterocycles. The van der Waals surface area contributed by atoms with Crippen molar-refractivity contribution in [2.45, 2.75) is 26.1 Å². The number of hydrogen-bond acceptors (Lipinski definition) is 4. The van der Waals surface area contributed by atoms with Crippen LogP contribution in [0.3, 0.4) is 0 Å². The van der Waals surface area contributed by atoms with E-state index in [-0.39, 0.29) is 17.7 Å². The Labute approximate surface area is 129 Å². The molecular weight excluding hydrogens is 317 g/mol. The van der Waals surface area contributed by atoms with Crippen LogP contribution >= 0.6 is 11.3 Å². The van der Waals surface area contributed by atoms with Crippen molar-refractivity contribution in [3.63, 3.8) is 0 Å². The van der Waals surface area contributed by atoms with Gasteiger partial charge in [-0.05, 0) is 19.9 Å². The Kier molecular flexibility index (Phi) is 4.70. The van der Waals surface area contributed by atoms with Gasteiger partial charge in [0.15, 0.2) is 0 Å². The van der Waals surface area contributed by atoms with Crippen LogP contribution in [0.1, 0.15) is 18.7 Å². The third kappa shape index (κ3) is 3.76. The van der Waals surface area contributed by atoms with E-state index in [4.69, 9.17) is 4.74 Å². The Bertz CT molecular complexity index is 656. The number of ether oxygens (including phenoxy) is 1. The van der Waals surface area contributed by atoms with E-state index in [0.717, 1.165) is 6.07 Å². The van der Waals surface area contributed by atoms with E-state index in [9.17, 15) is 18.0 Å². The number of thiophene rings is 1. The minimum atomic E-state index is -4.40. The molecule has 0 aromatic carbocycles. The highest BCUT2D eigenvalue weighted by atomic mass is 32.1. The predicted octanol–water partition coefficient (Wildman–Crippen LogP) is 4.33. The lowest BCUT2D eigenvalue weighted by Gasteiger charge is -2.20. The quantitative estimate of drug-likeness (QED) is 0.767. The molecule has 0 atom stereocenters. The summed E-state index contributed by atoms with van der Waals surface area (Å²) in [4.78, 5) is 15.8. The number of halogens is 3. The molecule has 8 heteroatoms. The monoisotopic (exact) mass is 330 g/mol. The molecule has 0 spiro atoms. The molecule has 2 rings (SSSR count). The summed E-state index contributed by atoms with van der Waals surface area (Å²) in [5.74, 6) is 0.550. The normalized spacial score (nSPS) is 11.5. The van der Waals surface area contributed by atoms with Crippen LogP contribution in [0.15, 0.2) is 29.6 Å². The lowest BCUT2D eigenvalue weighted by Crippen LogP contribution is -2.29. The van der Waals surface area contributed by atoms with E-state index < -0.39 is 11.1 Å². The van der Waals surface area contributed by atoms with Crippen LogP contribution in [-0.2, 0) is 11.0 Å². The first-order valence-corrected chi connectivity index (χ1v) is 7.23. The van der Waals surface area contributed by atoms with E-state index in [1.807, 2.05) is 13.8 Å². The molecule has 0 aliphatic rings. The van der Waals surface area contributed by atoms with Gasteiger partial charge in [0.25, 0.3) is 0 Å². The summed E-state index contributed by atoms with van der Waals surface area (Å²) in [7, 11) is 0. The number of aromatic nitrogens is 1. The van der Waals surface area contributed by atoms with Gasteiger partial charge in [0.1, 0.15) is 16.4 Å². The molecule has 4 nitrogen and oxygen atoms in total. The van der Waals surface area contributed by atoms with E-state index >= 15 is 0 Å². The standard InChI is InChI=1S/C14H13F3N2O2S/c1-9(2)19(8-20)12-4-3-5-13(18-12)21-10-6-11(22-7-10)14(15,16)17/h3-9H,1-2H3. The SMILES string of the molecule is CC(C)N(C=O)c1cccc(Oc2csc(C(F)(F)F)c2)n1. The highest BCUT2D eigenvalue weighted by Gasteiger charge is 2.32. The topological polar surface area (TPSA) is 42.4 Å². The van der Waals surface area contributed by atoms with Gasteiger partial charge in [-0.3, -0.25) is 9.69 Å². The summed E-state index contributed by atoms with van der Waals surface area (Å²) in [5, 5.41) is 1.26. The minimum absolute atomic E-state index is 0.0594. The van der Waals surface area contributed by atoms with Crippen molar-refractivity contribution < 1.29 is 22.7 Å². The van der Waals surface area contributed by atoms with Crippen molar-refractivity contribution in [2.75, 3.05) is 4.90 Å². The highest BCUT2D eigenvalue weighted by molar-refractivity contribution is 7.10. The maximum Gasteiger partial charge on any atom is 0.425 e. The number of rotatable bonds is 5. The van der Waals surface area contributed by atoms with E-state index in [1.54, 1.807) is 12.1 Å². The van der Waals surface area contributed by atoms with Gasteiger partial charge in [0, 0.05) is 23.6 Å². The van der Waals surface area contributed by atoms with Crippen LogP contribution in [0.2, 0.25) is 0 Å². The summed E-state index contributed by atoms with van der Waals surface area (Å²) in [6.45, 7) is 3.64. The molecular formula is C14H13F3N2O2S. The molecule has 0 saturated heterocycles. The second kappa shape index (κ2) is 6.35. The molecule has 0 N–H and O–H groups in total. The molecule has 0 fully saturated rings. The summed E-state index contributed by atoms with van der Waals surface area (Å²) in [5.41, 5.74) is 0. The van der Waals surface area contributed by atoms with Crippen LogP contribution in [0, 0.1) is 0 Å². The van der Waals surface area contributed by atoms with Crippen LogP contribution in [0.5, 0.6) is 11.6 Å². The van der Waals surface area contributed by atoms with Gasteiger partial charge < -0.3 is 4.74 Å². The van der Waals surface area contributed by atoms with Gasteiger partial charge in [-0.15, -0.1) is 11.3 Å². The number of anilines is 1. The average molecular weight is 330 g/mol. The zero-order chi connectivity index (χ0) is 16.3. The van der Waals surface area contributed by atoms with Crippen LogP contribution in [0.4, 0.5) is 19.0 Å². The van der Waals surface area contributed by atoms with Gasteiger partial charge in [-0.2, -0.15) is 18.2 Å². The molecule has 0 aliphatic carbocycles. The first-order valence-electron chi connectivity index (χ1n) is 6.35. The van der Waals surface area contributed by atoms with Gasteiger partial charge in [-0.25, -0.2) is 0 Å². The highest BCUT2D eigenvalue weighted by Crippen LogP contribution is 2.37. The second-order valence-electron chi connectivity index (χ2n) is 4.69. The molecule has 0 bridgehead atoms. The fourth-order valence-electron chi connectivity index (χ4n) is 1.69. The molecule has 0 radical (unpaired) electrons. The zero-order valence-electron chi connectivity index (χ0n) is 11.8. The summed E-state index contributed by atoms with van der Waals surface area (Å²) in [6.07, 6.45) is -3.75. The number of pyridine rings is 1. The van der Waals surface area contributed by atoms with Crippen molar-refractivity contribution >= 4 is 23.6 Å². The molecule has 0 aliphatic heterocycles. The Morgan fingerprint density at radius 1 is 1.36 bits per heavy atom. The maximum absolute atomic E-state index is 12.5. The predicted molar refractivity (Wildman–Crippen MR) is 77.3 cm³/mol. The molecule has 118 valence electrons. The van der Waals surface area contributed by atoms with E-state index in [0.29, 0.717) is 23.6 Å². The first-order chi connectivity index (χ1) is 10.3. The van der Waals surface area contributed by atoms with Crippen molar-refractivity contribution in [1.29, 1.82) is 0 Å². The lowest BCUT2D eigenvalue weighted by molar-refractivity contribution is -0.134. The molecule has 2 heterocycles. The van der Waals surface area contributed by atoms with Gasteiger partial charge >= 0.3 is 6.18 Å². The molecule has 22 heavy (non-hydrogen) atoms. The van der Waals surface area contributed by atoms with Crippen LogP contribution < -0.4 is 9.64 Å². The largest absolute Gasteiger partial charge is 0.438 e.